The number of aliphatic hydroxyl groups is 2. The molecular weight excluding hydrogens is 716 g/mol. The average Bonchev–Trinajstić information content (AvgIpc) is 3.15. The van der Waals surface area contributed by atoms with Crippen molar-refractivity contribution in [3.8, 4) is 40.1 Å². The fourth-order valence-electron chi connectivity index (χ4n) is 6.17. The van der Waals surface area contributed by atoms with Crippen LogP contribution in [0.25, 0.3) is 22.3 Å². The first-order valence-corrected chi connectivity index (χ1v) is 17.5. The third-order valence-electron chi connectivity index (χ3n) is 9.20. The Bertz CT molecular complexity index is 2230. The predicted molar refractivity (Wildman–Crippen MR) is 196 cm³/mol. The number of aryl methyl sites for hydroxylation is 4. The van der Waals surface area contributed by atoms with Crippen LogP contribution >= 0.6 is 0 Å². The molecule has 5 aromatic rings. The molecule has 0 radical (unpaired) electrons. The molecule has 0 bridgehead atoms. The smallest absolute Gasteiger partial charge is 0.306 e. The highest BCUT2D eigenvalue weighted by Crippen LogP contribution is 2.40. The van der Waals surface area contributed by atoms with E-state index in [-0.39, 0.29) is 42.6 Å². The lowest BCUT2D eigenvalue weighted by atomic mass is 9.98. The molecule has 0 spiro atoms. The lowest BCUT2D eigenvalue weighted by Crippen LogP contribution is -2.62. The molecule has 6 N–H and O–H groups in total. The first kappa shape index (κ1) is 38.6. The molecule has 0 amide bonds. The molecule has 1 saturated heterocycles. The average molecular weight is 757 g/mol. The second kappa shape index (κ2) is 16.5. The summed E-state index contributed by atoms with van der Waals surface area (Å²) in [5.41, 5.74) is 2.41. The van der Waals surface area contributed by atoms with Gasteiger partial charge >= 0.3 is 11.9 Å². The van der Waals surface area contributed by atoms with Crippen molar-refractivity contribution in [3.63, 3.8) is 0 Å². The number of phenolic OH excluding ortho intramolecular Hbond substituents is 4. The van der Waals surface area contributed by atoms with Gasteiger partial charge in [-0.05, 0) is 56.0 Å². The number of hydrogen-bond donors (Lipinski definition) is 6. The summed E-state index contributed by atoms with van der Waals surface area (Å²) in [6.07, 6.45) is -8.25. The van der Waals surface area contributed by atoms with Crippen molar-refractivity contribution < 1.29 is 63.6 Å². The van der Waals surface area contributed by atoms with Crippen LogP contribution in [0.4, 0.5) is 0 Å². The van der Waals surface area contributed by atoms with E-state index in [9.17, 15) is 45.0 Å². The van der Waals surface area contributed by atoms with Gasteiger partial charge in [0.15, 0.2) is 23.4 Å². The molecule has 14 nitrogen and oxygen atoms in total. The number of hydrogen-bond acceptors (Lipinski definition) is 14. The van der Waals surface area contributed by atoms with E-state index in [1.54, 1.807) is 0 Å². The van der Waals surface area contributed by atoms with Crippen LogP contribution in [0.15, 0.2) is 88.1 Å². The van der Waals surface area contributed by atoms with Crippen molar-refractivity contribution in [2.24, 2.45) is 0 Å². The molecule has 1 aliphatic rings. The van der Waals surface area contributed by atoms with Crippen LogP contribution in [-0.2, 0) is 36.6 Å². The maximum atomic E-state index is 14.1. The van der Waals surface area contributed by atoms with Gasteiger partial charge in [0, 0.05) is 30.5 Å². The standard InChI is InChI=1S/C41H40O14/c1-21-3-7-23(8-4-21)11-15-32(47)53-38-35(49)31(20-42)52-41(40(38)54-33(48)16-12-24-9-5-22(2)6-10-24)55-39-36(50)34-29(46)18-26(43)19-30(34)51-37(39)25-13-14-27(44)28(45)17-25/h3-10,13-14,17-19,31,35,38,40-46,49H,11-12,15-16,20H2,1-2H3/t31-,35?,38?,40+,41+/m1/s1. The molecular formula is C41H40O14. The minimum absolute atomic E-state index is 0.0209. The molecule has 2 unspecified atom stereocenters. The third kappa shape index (κ3) is 8.83. The molecule has 2 heterocycles. The SMILES string of the molecule is Cc1ccc(CCC(=O)OC2C(O)[C@@H](CO)O[C@@H](Oc3c(-c4ccc(O)c(O)c4)oc4cc(O)cc(O)c4c3=O)[C@H]2OC(=O)CCc2ccc(C)cc2)cc1. The minimum Gasteiger partial charge on any atom is -0.508 e. The van der Waals surface area contributed by atoms with E-state index < -0.39 is 88.8 Å². The Hall–Kier alpha value is -6.09. The molecule has 288 valence electrons. The van der Waals surface area contributed by atoms with E-state index in [4.69, 9.17) is 23.4 Å². The molecule has 5 atom stereocenters. The van der Waals surface area contributed by atoms with E-state index in [0.29, 0.717) is 0 Å². The topological polar surface area (TPSA) is 223 Å². The van der Waals surface area contributed by atoms with Crippen molar-refractivity contribution in [3.05, 3.63) is 111 Å². The largest absolute Gasteiger partial charge is 0.508 e. The number of carbonyl (C=O) groups is 2. The molecule has 6 rings (SSSR count). The Morgan fingerprint density at radius 3 is 1.87 bits per heavy atom. The highest BCUT2D eigenvalue weighted by atomic mass is 16.7. The van der Waals surface area contributed by atoms with Gasteiger partial charge in [0.05, 0.1) is 6.61 Å². The van der Waals surface area contributed by atoms with Gasteiger partial charge in [-0.2, -0.15) is 0 Å². The van der Waals surface area contributed by atoms with Crippen LogP contribution in [0.1, 0.15) is 35.1 Å². The lowest BCUT2D eigenvalue weighted by molar-refractivity contribution is -0.286. The van der Waals surface area contributed by atoms with Crippen LogP contribution in [-0.4, -0.2) is 79.9 Å². The Morgan fingerprint density at radius 2 is 1.31 bits per heavy atom. The fourth-order valence-corrected chi connectivity index (χ4v) is 6.17. The Balaban J connectivity index is 1.39. The van der Waals surface area contributed by atoms with Gasteiger partial charge in [-0.1, -0.05) is 59.7 Å². The summed E-state index contributed by atoms with van der Waals surface area (Å²) in [6, 6.07) is 20.4. The number of fused-ring (bicyclic) bond motifs is 1. The minimum atomic E-state index is -1.86. The second-order valence-electron chi connectivity index (χ2n) is 13.3. The normalized spacial score (nSPS) is 19.5. The zero-order valence-electron chi connectivity index (χ0n) is 29.9. The summed E-state index contributed by atoms with van der Waals surface area (Å²) >= 11 is 0. The molecule has 1 aliphatic heterocycles. The van der Waals surface area contributed by atoms with E-state index in [1.165, 1.54) is 6.07 Å². The van der Waals surface area contributed by atoms with E-state index in [0.717, 1.165) is 46.5 Å². The Morgan fingerprint density at radius 1 is 0.727 bits per heavy atom. The van der Waals surface area contributed by atoms with E-state index >= 15 is 0 Å². The number of phenols is 4. The van der Waals surface area contributed by atoms with Gasteiger partial charge in [0.25, 0.3) is 0 Å². The van der Waals surface area contributed by atoms with Crippen LogP contribution in [0.5, 0.6) is 28.7 Å². The number of ether oxygens (including phenoxy) is 4. The van der Waals surface area contributed by atoms with Crippen molar-refractivity contribution in [2.75, 3.05) is 6.61 Å². The molecule has 4 aromatic carbocycles. The van der Waals surface area contributed by atoms with Gasteiger partial charge in [0.1, 0.15) is 34.7 Å². The summed E-state index contributed by atoms with van der Waals surface area (Å²) in [6.45, 7) is 3.03. The van der Waals surface area contributed by atoms with Gasteiger partial charge in [0.2, 0.25) is 23.6 Å². The number of esters is 2. The summed E-state index contributed by atoms with van der Waals surface area (Å²) in [4.78, 5) is 40.9. The van der Waals surface area contributed by atoms with Crippen molar-refractivity contribution in [1.29, 1.82) is 0 Å². The van der Waals surface area contributed by atoms with Gasteiger partial charge in [-0.15, -0.1) is 0 Å². The maximum Gasteiger partial charge on any atom is 0.306 e. The Kier molecular flexibility index (Phi) is 11.6. The van der Waals surface area contributed by atoms with E-state index in [1.807, 2.05) is 62.4 Å². The van der Waals surface area contributed by atoms with Crippen LogP contribution in [0, 0.1) is 13.8 Å². The monoisotopic (exact) mass is 756 g/mol. The molecule has 1 fully saturated rings. The summed E-state index contributed by atoms with van der Waals surface area (Å²) in [5.74, 6) is -4.85. The van der Waals surface area contributed by atoms with Gasteiger partial charge in [-0.25, -0.2) is 0 Å². The molecule has 14 heteroatoms. The molecule has 1 aromatic heterocycles. The lowest BCUT2D eigenvalue weighted by Gasteiger charge is -2.42. The summed E-state index contributed by atoms with van der Waals surface area (Å²) < 4.78 is 29.5. The molecule has 0 aliphatic carbocycles. The number of carbonyl (C=O) groups excluding carboxylic acids is 2. The second-order valence-corrected chi connectivity index (χ2v) is 13.3. The van der Waals surface area contributed by atoms with Crippen molar-refractivity contribution >= 4 is 22.9 Å². The first-order chi connectivity index (χ1) is 26.3. The maximum absolute atomic E-state index is 14.1. The quantitative estimate of drug-likeness (QED) is 0.0765. The number of benzene rings is 4. The highest BCUT2D eigenvalue weighted by molar-refractivity contribution is 5.88. The van der Waals surface area contributed by atoms with Crippen molar-refractivity contribution in [1.82, 2.24) is 0 Å². The number of rotatable bonds is 12. The molecule has 55 heavy (non-hydrogen) atoms. The molecule has 0 saturated carbocycles. The zero-order chi connectivity index (χ0) is 39.4. The van der Waals surface area contributed by atoms with E-state index in [2.05, 4.69) is 0 Å². The third-order valence-corrected chi connectivity index (χ3v) is 9.20. The van der Waals surface area contributed by atoms with Crippen molar-refractivity contribution in [2.45, 2.75) is 70.2 Å². The first-order valence-electron chi connectivity index (χ1n) is 17.5. The fraction of sp³-hybridized carbons (Fsp3) is 0.293. The van der Waals surface area contributed by atoms with Crippen LogP contribution < -0.4 is 10.2 Å². The van der Waals surface area contributed by atoms with Gasteiger partial charge < -0.3 is 54.0 Å². The summed E-state index contributed by atoms with van der Waals surface area (Å²) in [7, 11) is 0. The number of aromatic hydroxyl groups is 4. The Labute approximate surface area is 314 Å². The zero-order valence-corrected chi connectivity index (χ0v) is 29.9. The summed E-state index contributed by atoms with van der Waals surface area (Å²) in [5, 5.41) is 62.2. The highest BCUT2D eigenvalue weighted by Gasteiger charge is 2.51. The number of aliphatic hydroxyl groups excluding tert-OH is 2. The van der Waals surface area contributed by atoms with Gasteiger partial charge in [-0.3, -0.25) is 14.4 Å². The predicted octanol–water partition coefficient (Wildman–Crippen LogP) is 4.45. The van der Waals surface area contributed by atoms with Crippen LogP contribution in [0.2, 0.25) is 0 Å². The van der Waals surface area contributed by atoms with Crippen LogP contribution in [0.3, 0.4) is 0 Å².